The Balaban J connectivity index is 1.35. The van der Waals surface area contributed by atoms with Crippen LogP contribution in [0.1, 0.15) is 48.3 Å². The Morgan fingerprint density at radius 3 is 2.73 bits per heavy atom. The minimum absolute atomic E-state index is 0.0478. The second kappa shape index (κ2) is 9.48. The lowest BCUT2D eigenvalue weighted by Gasteiger charge is -2.34. The molecule has 10 heteroatoms. The van der Waals surface area contributed by atoms with Crippen LogP contribution < -0.4 is 5.32 Å². The third kappa shape index (κ3) is 4.54. The summed E-state index contributed by atoms with van der Waals surface area (Å²) in [4.78, 5) is 49.9. The van der Waals surface area contributed by atoms with E-state index >= 15 is 0 Å². The largest absolute Gasteiger partial charge is 0.368 e. The van der Waals surface area contributed by atoms with Crippen molar-refractivity contribution in [3.63, 3.8) is 0 Å². The first-order chi connectivity index (χ1) is 16.0. The summed E-state index contributed by atoms with van der Waals surface area (Å²) in [5, 5.41) is 3.66. The molecule has 2 aromatic heterocycles. The number of thiazole rings is 1. The standard InChI is InChI=1S/C23H25ClN4O4S/c24-18-7-6-14(10-25-18)17-11-26-22(33-17)21(30)27-19(13-4-2-1-3-5-13)23(31)28-9-8-16-20(28)15(29)12-32-16/h6-7,10-11,13,16,19-20H,1-5,8-9,12H2,(H,27,30)/t16-,19?,20-/m1/s1. The van der Waals surface area contributed by atoms with E-state index in [4.69, 9.17) is 16.3 Å². The van der Waals surface area contributed by atoms with Crippen molar-refractivity contribution in [3.8, 4) is 10.4 Å². The van der Waals surface area contributed by atoms with Crippen LogP contribution >= 0.6 is 22.9 Å². The van der Waals surface area contributed by atoms with Crippen LogP contribution in [0.4, 0.5) is 0 Å². The number of aromatic nitrogens is 2. The van der Waals surface area contributed by atoms with Gasteiger partial charge in [0.2, 0.25) is 5.91 Å². The third-order valence-corrected chi connectivity index (χ3v) is 8.05. The monoisotopic (exact) mass is 488 g/mol. The number of hydrogen-bond acceptors (Lipinski definition) is 7. The van der Waals surface area contributed by atoms with Crippen molar-refractivity contribution in [3.05, 3.63) is 34.7 Å². The summed E-state index contributed by atoms with van der Waals surface area (Å²) in [6.07, 6.45) is 8.64. The van der Waals surface area contributed by atoms with Crippen LogP contribution in [0.15, 0.2) is 24.5 Å². The van der Waals surface area contributed by atoms with Crippen molar-refractivity contribution in [2.75, 3.05) is 13.2 Å². The predicted octanol–water partition coefficient (Wildman–Crippen LogP) is 3.11. The molecule has 0 bridgehead atoms. The van der Waals surface area contributed by atoms with Gasteiger partial charge in [-0.15, -0.1) is 11.3 Å². The van der Waals surface area contributed by atoms with Gasteiger partial charge in [-0.1, -0.05) is 30.9 Å². The number of ketones is 1. The van der Waals surface area contributed by atoms with Gasteiger partial charge in [0.05, 0.1) is 11.0 Å². The van der Waals surface area contributed by atoms with Crippen LogP contribution in [-0.2, 0) is 14.3 Å². The number of nitrogens with zero attached hydrogens (tertiary/aromatic N) is 3. The molecule has 3 aliphatic rings. The summed E-state index contributed by atoms with van der Waals surface area (Å²) in [7, 11) is 0. The summed E-state index contributed by atoms with van der Waals surface area (Å²) >= 11 is 7.10. The number of likely N-dealkylation sites (tertiary alicyclic amines) is 1. The molecule has 1 N–H and O–H groups in total. The van der Waals surface area contributed by atoms with Gasteiger partial charge in [0.1, 0.15) is 23.8 Å². The molecule has 1 saturated carbocycles. The van der Waals surface area contributed by atoms with Crippen LogP contribution in [0.25, 0.3) is 10.4 Å². The van der Waals surface area contributed by atoms with Crippen LogP contribution in [0.3, 0.4) is 0 Å². The van der Waals surface area contributed by atoms with Crippen molar-refractivity contribution in [1.29, 1.82) is 0 Å². The number of amides is 2. The lowest BCUT2D eigenvalue weighted by molar-refractivity contribution is -0.139. The lowest BCUT2D eigenvalue weighted by Crippen LogP contribution is -2.55. The first kappa shape index (κ1) is 22.4. The summed E-state index contributed by atoms with van der Waals surface area (Å²) in [5.74, 6) is -0.561. The molecule has 2 amide bonds. The average molecular weight is 489 g/mol. The van der Waals surface area contributed by atoms with E-state index in [9.17, 15) is 14.4 Å². The maximum Gasteiger partial charge on any atom is 0.280 e. The third-order valence-electron chi connectivity index (χ3n) is 6.78. The molecule has 0 spiro atoms. The Kier molecular flexibility index (Phi) is 6.44. The van der Waals surface area contributed by atoms with Gasteiger partial charge in [-0.3, -0.25) is 14.4 Å². The minimum atomic E-state index is -0.672. The van der Waals surface area contributed by atoms with Crippen LogP contribution in [-0.4, -0.2) is 63.8 Å². The molecular weight excluding hydrogens is 464 g/mol. The first-order valence-corrected chi connectivity index (χ1v) is 12.5. The Bertz CT molecular complexity index is 1050. The number of carbonyl (C=O) groups is 3. The molecule has 0 radical (unpaired) electrons. The van der Waals surface area contributed by atoms with E-state index in [-0.39, 0.29) is 41.2 Å². The highest BCUT2D eigenvalue weighted by atomic mass is 35.5. The minimum Gasteiger partial charge on any atom is -0.368 e. The topological polar surface area (TPSA) is 101 Å². The highest BCUT2D eigenvalue weighted by Gasteiger charge is 2.49. The van der Waals surface area contributed by atoms with Crippen molar-refractivity contribution in [2.24, 2.45) is 5.92 Å². The number of Topliss-reactive ketones (excluding diaryl/α,β-unsaturated/α-hetero) is 1. The fraction of sp³-hybridized carbons (Fsp3) is 0.522. The van der Waals surface area contributed by atoms with Gasteiger partial charge in [-0.25, -0.2) is 9.97 Å². The van der Waals surface area contributed by atoms with E-state index in [0.717, 1.165) is 42.5 Å². The molecule has 2 aromatic rings. The van der Waals surface area contributed by atoms with Crippen LogP contribution in [0.5, 0.6) is 0 Å². The second-order valence-corrected chi connectivity index (χ2v) is 10.2. The Morgan fingerprint density at radius 2 is 1.97 bits per heavy atom. The Labute approximate surface area is 200 Å². The maximum absolute atomic E-state index is 13.6. The van der Waals surface area contributed by atoms with E-state index in [1.54, 1.807) is 23.4 Å². The SMILES string of the molecule is O=C(NC(C(=O)N1CC[C@H]2OCC(=O)[C@H]21)C1CCCCC1)c1ncc(-c2ccc(Cl)nc2)s1. The zero-order chi connectivity index (χ0) is 22.9. The number of fused-ring (bicyclic) bond motifs is 1. The number of pyridine rings is 1. The molecule has 174 valence electrons. The number of hydrogen-bond donors (Lipinski definition) is 1. The molecule has 33 heavy (non-hydrogen) atoms. The normalized spacial score (nSPS) is 24.0. The zero-order valence-corrected chi connectivity index (χ0v) is 19.6. The number of ether oxygens (including phenoxy) is 1. The summed E-state index contributed by atoms with van der Waals surface area (Å²) in [6, 6.07) is 2.31. The van der Waals surface area contributed by atoms with Crippen molar-refractivity contribution >= 4 is 40.5 Å². The van der Waals surface area contributed by atoms with Gasteiger partial charge >= 0.3 is 0 Å². The fourth-order valence-electron chi connectivity index (χ4n) is 5.11. The number of carbonyl (C=O) groups excluding carboxylic acids is 3. The molecule has 1 aliphatic carbocycles. The number of rotatable bonds is 5. The van der Waals surface area contributed by atoms with E-state index in [1.807, 2.05) is 6.07 Å². The summed E-state index contributed by atoms with van der Waals surface area (Å²) in [5.41, 5.74) is 0.818. The zero-order valence-electron chi connectivity index (χ0n) is 18.0. The van der Waals surface area contributed by atoms with Crippen molar-refractivity contribution in [2.45, 2.75) is 56.7 Å². The van der Waals surface area contributed by atoms with Crippen LogP contribution in [0, 0.1) is 5.92 Å². The quantitative estimate of drug-likeness (QED) is 0.649. The lowest BCUT2D eigenvalue weighted by atomic mass is 9.83. The molecule has 2 aliphatic heterocycles. The van der Waals surface area contributed by atoms with Gasteiger partial charge in [-0.05, 0) is 37.3 Å². The molecule has 3 fully saturated rings. The van der Waals surface area contributed by atoms with Crippen molar-refractivity contribution in [1.82, 2.24) is 20.2 Å². The highest BCUT2D eigenvalue weighted by Crippen LogP contribution is 2.32. The summed E-state index contributed by atoms with van der Waals surface area (Å²) in [6.45, 7) is 0.533. The molecule has 4 heterocycles. The Hall–Kier alpha value is -2.36. The molecule has 1 unspecified atom stereocenters. The maximum atomic E-state index is 13.6. The van der Waals surface area contributed by atoms with E-state index in [1.165, 1.54) is 11.3 Å². The van der Waals surface area contributed by atoms with Gasteiger partial charge < -0.3 is 15.0 Å². The molecule has 3 atom stereocenters. The molecule has 8 nitrogen and oxygen atoms in total. The molecular formula is C23H25ClN4O4S. The predicted molar refractivity (Wildman–Crippen MR) is 123 cm³/mol. The molecule has 5 rings (SSSR count). The van der Waals surface area contributed by atoms with Crippen molar-refractivity contribution < 1.29 is 19.1 Å². The fourth-order valence-corrected chi connectivity index (χ4v) is 6.03. The molecule has 0 aromatic carbocycles. The van der Waals surface area contributed by atoms with Gasteiger partial charge in [0.25, 0.3) is 5.91 Å². The first-order valence-electron chi connectivity index (χ1n) is 11.3. The average Bonchev–Trinajstić information content (AvgIpc) is 3.56. The Morgan fingerprint density at radius 1 is 1.15 bits per heavy atom. The van der Waals surface area contributed by atoms with E-state index < -0.39 is 12.1 Å². The van der Waals surface area contributed by atoms with Gasteiger partial charge in [0, 0.05) is 24.5 Å². The second-order valence-electron chi connectivity index (χ2n) is 8.83. The van der Waals surface area contributed by atoms with E-state index in [2.05, 4.69) is 15.3 Å². The number of nitrogens with one attached hydrogen (secondary N) is 1. The van der Waals surface area contributed by atoms with Gasteiger partial charge in [0.15, 0.2) is 10.8 Å². The smallest absolute Gasteiger partial charge is 0.280 e. The highest BCUT2D eigenvalue weighted by molar-refractivity contribution is 7.17. The molecule has 2 saturated heterocycles. The van der Waals surface area contributed by atoms with Crippen LogP contribution in [0.2, 0.25) is 5.15 Å². The van der Waals surface area contributed by atoms with E-state index in [0.29, 0.717) is 18.1 Å². The summed E-state index contributed by atoms with van der Waals surface area (Å²) < 4.78 is 5.54. The van der Waals surface area contributed by atoms with Gasteiger partial charge in [-0.2, -0.15) is 0 Å². The number of halogens is 1.